The van der Waals surface area contributed by atoms with E-state index in [1.165, 1.54) is 178 Å². The first-order valence-electron chi connectivity index (χ1n) is 52.9. The molecule has 0 fully saturated rings. The second-order valence-corrected chi connectivity index (χ2v) is 55.1. The minimum Gasteiger partial charge on any atom is -0.665 e. The van der Waals surface area contributed by atoms with Gasteiger partial charge in [0.2, 0.25) is 0 Å². The topological polar surface area (TPSA) is 140 Å². The van der Waals surface area contributed by atoms with Gasteiger partial charge in [0.1, 0.15) is 17.1 Å². The minimum atomic E-state index is -1.05. The Hall–Kier alpha value is -7.41. The molecule has 10 aromatic carbocycles. The van der Waals surface area contributed by atoms with Crippen LogP contribution in [0.3, 0.4) is 0 Å². The zero-order valence-corrected chi connectivity index (χ0v) is 108. The van der Waals surface area contributed by atoms with Gasteiger partial charge < -0.3 is 30.3 Å². The Morgan fingerprint density at radius 1 is 0.295 bits per heavy atom. The van der Waals surface area contributed by atoms with Crippen LogP contribution in [-0.4, -0.2) is 28.5 Å². The molecule has 0 atom stereocenters. The largest absolute Gasteiger partial charge is 0.665 e. The monoisotopic (exact) mass is 2720 g/mol. The van der Waals surface area contributed by atoms with Crippen molar-refractivity contribution in [3.8, 4) is 44.9 Å². The standard InChI is InChI=1S/2C21H22Br2O.C19H14O.3C12H17N.3C6H8N.3C5H10.3W/c2*1-12-17(22)10-13-6-2-4-8-15(13)19(12)20-16-9-5-3-7-14(16)11-18(23)21(20)24;20-19(14-8-2-1-3-9-14)17-12-6-4-10-15(17)16-11-5-7-13-18(16)19;3*1-8(2)10-6-5-7-11(9(3)4)12(10)13;3*1-5-3-4-6(2)7-5;3*1-5(2,3)4;;;/h2*10-11,24H,2-9H2,1H3;1-13,20H;3*5-9H,1-4H3;3*3-4H,1-2H3;3*1H,2-4H3;;;/q;;;;;;3*-1;;;;;;. The Kier molecular flexibility index (Phi) is 46.0. The Labute approximate surface area is 936 Å². The van der Waals surface area contributed by atoms with Crippen LogP contribution in [-0.2, 0) is 111 Å². The van der Waals surface area contributed by atoms with Crippen molar-refractivity contribution in [2.75, 3.05) is 0 Å². The molecule has 146 heavy (non-hydrogen) atoms. The normalized spacial score (nSPS) is 13.5. The molecule has 0 radical (unpaired) electrons. The zero-order valence-electron chi connectivity index (χ0n) is 92.7. The summed E-state index contributed by atoms with van der Waals surface area (Å²) in [4.78, 5) is 12.3. The summed E-state index contributed by atoms with van der Waals surface area (Å²) >= 11 is 12.5. The molecule has 0 spiro atoms. The Balaban J connectivity index is 0.000000173. The third-order valence-corrected chi connectivity index (χ3v) is 41.6. The summed E-state index contributed by atoms with van der Waals surface area (Å²) < 4.78 is 26.5. The third-order valence-electron chi connectivity index (χ3n) is 26.9. The molecule has 3 N–H and O–H groups in total. The fourth-order valence-corrected chi connectivity index (χ4v) is 28.7. The molecule has 5 aliphatic rings. The molecule has 3 aromatic heterocycles. The smallest absolute Gasteiger partial charge is 0.141 e. The number of hydrogen-bond acceptors (Lipinski definition) is 6. The molecular weight excluding hydrogens is 2560 g/mol. The van der Waals surface area contributed by atoms with Crippen molar-refractivity contribution < 1.29 is 69.1 Å². The molecule has 0 aliphatic heterocycles. The van der Waals surface area contributed by atoms with Gasteiger partial charge in [-0.25, -0.2) is 0 Å². The van der Waals surface area contributed by atoms with Crippen LogP contribution < -0.4 is 15.0 Å². The summed E-state index contributed by atoms with van der Waals surface area (Å²) in [7, 11) is 0. The van der Waals surface area contributed by atoms with Crippen LogP contribution in [0, 0.1) is 71.6 Å². The molecule has 780 valence electrons. The maximum atomic E-state index is 11.5. The van der Waals surface area contributed by atoms with Crippen molar-refractivity contribution in [2.24, 2.45) is 26.7 Å². The molecule has 0 amide bonds. The molecular formula is C130H163Br4N6O3W3-3. The van der Waals surface area contributed by atoms with Crippen molar-refractivity contribution in [1.82, 2.24) is 15.0 Å². The Morgan fingerprint density at radius 2 is 0.521 bits per heavy atom. The number of phenols is 2. The molecule has 9 nitrogen and oxygen atoms in total. The quantitative estimate of drug-likeness (QED) is 0.111. The van der Waals surface area contributed by atoms with Gasteiger partial charge in [-0.15, -0.1) is 0 Å². The van der Waals surface area contributed by atoms with E-state index in [4.69, 9.17) is 10.5 Å². The van der Waals surface area contributed by atoms with E-state index in [2.05, 4.69) is 342 Å². The molecule has 0 saturated heterocycles. The maximum absolute atomic E-state index is 11.5. The van der Waals surface area contributed by atoms with Crippen molar-refractivity contribution in [3.63, 3.8) is 0 Å². The van der Waals surface area contributed by atoms with Gasteiger partial charge in [-0.1, -0.05) is 189 Å². The number of aromatic hydroxyl groups is 2. The van der Waals surface area contributed by atoms with Gasteiger partial charge in [-0.05, 0) is 256 Å². The fraction of sp³-hybridized carbons (Fsp3) is 0.423. The number of nitrogens with zero attached hydrogens (tertiary/aromatic N) is 6. The average molecular weight is 2730 g/mol. The van der Waals surface area contributed by atoms with E-state index in [0.717, 1.165) is 133 Å². The molecule has 13 aromatic rings. The van der Waals surface area contributed by atoms with Gasteiger partial charge in [-0.3, -0.25) is 0 Å². The van der Waals surface area contributed by atoms with Crippen LogP contribution in [0.2, 0.25) is 0 Å². The molecule has 0 unspecified atom stereocenters. The van der Waals surface area contributed by atoms with Crippen LogP contribution in [0.5, 0.6) is 11.5 Å². The van der Waals surface area contributed by atoms with Crippen molar-refractivity contribution in [3.05, 3.63) is 352 Å². The van der Waals surface area contributed by atoms with E-state index < -0.39 is 59.4 Å². The van der Waals surface area contributed by atoms with Crippen LogP contribution >= 0.6 is 63.7 Å². The first kappa shape index (κ1) is 120. The van der Waals surface area contributed by atoms with E-state index in [9.17, 15) is 15.3 Å². The number of halogens is 4. The predicted molar refractivity (Wildman–Crippen MR) is 629 cm³/mol. The minimum absolute atomic E-state index is 0.304. The predicted octanol–water partition coefficient (Wildman–Crippen LogP) is 38.1. The molecule has 18 rings (SSSR count). The summed E-state index contributed by atoms with van der Waals surface area (Å²) in [5.74, 6) is 4.12. The number of phenolic OH excluding ortho intramolecular Hbond substituents is 2. The zero-order chi connectivity index (χ0) is 107. The third kappa shape index (κ3) is 33.3. The van der Waals surface area contributed by atoms with Crippen LogP contribution in [0.25, 0.3) is 33.4 Å². The number of rotatable bonds is 12. The van der Waals surface area contributed by atoms with Crippen LogP contribution in [0.15, 0.2) is 223 Å². The molecule has 5 aliphatic carbocycles. The second-order valence-electron chi connectivity index (χ2n) is 44.9. The van der Waals surface area contributed by atoms with Crippen LogP contribution in [0.1, 0.15) is 372 Å². The van der Waals surface area contributed by atoms with Gasteiger partial charge in [0.25, 0.3) is 0 Å². The van der Waals surface area contributed by atoms with E-state index in [1.807, 2.05) is 145 Å². The van der Waals surface area contributed by atoms with Crippen molar-refractivity contribution in [2.45, 2.75) is 345 Å². The van der Waals surface area contributed by atoms with Gasteiger partial charge >= 0.3 is 380 Å². The SMILES string of the molecule is CC(C)c1cccc(C(C)C)c1[N]=[W]=[CH]C(C)(C)C.CC(C)c1cccc(C(C)C)c1[N]=[W]=[CH]C(C)(C)C.CC(C)c1cccc(C(C)C)c1[N]=[W]=[CH]C(C)(C)C.Cc1c(Br)cc2c(c1-c1c(O)c(Br)cc3c1CCCC3)CCCC2.Cc1c(Br)cc2c(c1-c1c(O)c(Br)cc3c1CCCC3)CCCC2.Cc1ccc(C)[n-]1.Cc1ccc(C)[n-]1.Cc1ccc(C)[n-]1.OC1(c2ccccc2)c2ccccc2-c2ccccc21. The van der Waals surface area contributed by atoms with E-state index in [0.29, 0.717) is 63.3 Å². The number of hydrogen-bond donors (Lipinski definition) is 3. The van der Waals surface area contributed by atoms with Crippen LogP contribution in [0.4, 0.5) is 17.1 Å². The molecule has 0 bridgehead atoms. The van der Waals surface area contributed by atoms with E-state index in [1.54, 1.807) is 0 Å². The molecule has 16 heteroatoms. The van der Waals surface area contributed by atoms with Crippen molar-refractivity contribution >= 4 is 94.0 Å². The Morgan fingerprint density at radius 3 is 0.753 bits per heavy atom. The summed E-state index contributed by atoms with van der Waals surface area (Å²) in [6.45, 7) is 63.8. The first-order valence-corrected chi connectivity index (χ1v) is 65.1. The first-order chi connectivity index (χ1) is 69.0. The average Bonchev–Trinajstić information content (AvgIpc) is 1.55. The number of benzene rings is 10. The summed E-state index contributed by atoms with van der Waals surface area (Å²) in [6.07, 6.45) is 18.9. The van der Waals surface area contributed by atoms with E-state index >= 15 is 0 Å². The van der Waals surface area contributed by atoms with Crippen molar-refractivity contribution in [1.29, 1.82) is 0 Å². The number of aromatic nitrogens is 3. The van der Waals surface area contributed by atoms with Gasteiger partial charge in [-0.2, -0.15) is 34.2 Å². The Bertz CT molecular complexity index is 6030. The number of fused-ring (bicyclic) bond motifs is 7. The number of aryl methyl sites for hydroxylation is 10. The molecule has 3 heterocycles. The fourth-order valence-electron chi connectivity index (χ4n) is 19.4. The van der Waals surface area contributed by atoms with Gasteiger partial charge in [0.05, 0.1) is 8.95 Å². The second kappa shape index (κ2) is 55.7. The maximum Gasteiger partial charge on any atom is 0.141 e. The summed E-state index contributed by atoms with van der Waals surface area (Å²) in [5.41, 5.74) is 42.6. The summed E-state index contributed by atoms with van der Waals surface area (Å²) in [5, 5.41) is 33.4. The molecule has 0 saturated carbocycles. The number of aliphatic hydroxyl groups is 1. The van der Waals surface area contributed by atoms with E-state index in [-0.39, 0.29) is 0 Å². The van der Waals surface area contributed by atoms with Gasteiger partial charge in [0.15, 0.2) is 0 Å². The van der Waals surface area contributed by atoms with Gasteiger partial charge in [0, 0.05) is 31.2 Å². The summed E-state index contributed by atoms with van der Waals surface area (Å²) in [6, 6.07) is 67.0.